The molecule has 1 aromatic heterocycles. The zero-order valence-corrected chi connectivity index (χ0v) is 10.7. The maximum absolute atomic E-state index is 5.90. The summed E-state index contributed by atoms with van der Waals surface area (Å²) < 4.78 is 2.06. The normalized spacial score (nSPS) is 11.1. The van der Waals surface area contributed by atoms with Gasteiger partial charge >= 0.3 is 0 Å². The van der Waals surface area contributed by atoms with Crippen LogP contribution in [0.25, 0.3) is 11.4 Å². The van der Waals surface area contributed by atoms with Gasteiger partial charge < -0.3 is 10.3 Å². The number of aromatic nitrogens is 3. The van der Waals surface area contributed by atoms with Crippen LogP contribution in [0.1, 0.15) is 31.0 Å². The summed E-state index contributed by atoms with van der Waals surface area (Å²) in [7, 11) is 0. The summed E-state index contributed by atoms with van der Waals surface area (Å²) in [5.41, 5.74) is 10.1. The highest BCUT2D eigenvalue weighted by Crippen LogP contribution is 2.28. The predicted octanol–water partition coefficient (Wildman–Crippen LogP) is 2.73. The first-order valence-electron chi connectivity index (χ1n) is 5.77. The number of benzene rings is 1. The van der Waals surface area contributed by atoms with Crippen molar-refractivity contribution < 1.29 is 0 Å². The molecule has 0 saturated carbocycles. The number of rotatable bonds is 2. The van der Waals surface area contributed by atoms with Crippen molar-refractivity contribution in [1.29, 1.82) is 0 Å². The second-order valence-corrected chi connectivity index (χ2v) is 4.67. The Bertz CT molecular complexity index is 540. The monoisotopic (exact) mass is 230 g/mol. The first-order valence-corrected chi connectivity index (χ1v) is 5.77. The minimum Gasteiger partial charge on any atom is -0.399 e. The lowest BCUT2D eigenvalue weighted by atomic mass is 10.0. The Balaban J connectivity index is 2.64. The summed E-state index contributed by atoms with van der Waals surface area (Å²) in [6.45, 7) is 8.37. The van der Waals surface area contributed by atoms with Crippen LogP contribution in [0.5, 0.6) is 0 Å². The second-order valence-electron chi connectivity index (χ2n) is 4.67. The lowest BCUT2D eigenvalue weighted by Crippen LogP contribution is -2.03. The predicted molar refractivity (Wildman–Crippen MR) is 69.7 cm³/mol. The van der Waals surface area contributed by atoms with Gasteiger partial charge in [0.25, 0.3) is 0 Å². The number of nitrogens with zero attached hydrogens (tertiary/aromatic N) is 3. The fourth-order valence-electron chi connectivity index (χ4n) is 1.93. The van der Waals surface area contributed by atoms with Gasteiger partial charge in [-0.1, -0.05) is 0 Å². The third-order valence-electron chi connectivity index (χ3n) is 3.06. The van der Waals surface area contributed by atoms with E-state index in [-0.39, 0.29) is 0 Å². The van der Waals surface area contributed by atoms with Gasteiger partial charge in [0.15, 0.2) is 5.82 Å². The molecule has 0 spiro atoms. The lowest BCUT2D eigenvalue weighted by molar-refractivity contribution is 0.604. The van der Waals surface area contributed by atoms with Gasteiger partial charge in [0.05, 0.1) is 0 Å². The fourth-order valence-corrected chi connectivity index (χ4v) is 1.93. The molecule has 0 atom stereocenters. The van der Waals surface area contributed by atoms with Gasteiger partial charge in [-0.15, -0.1) is 10.2 Å². The number of nitrogen functional groups attached to an aromatic ring is 1. The molecule has 2 N–H and O–H groups in total. The summed E-state index contributed by atoms with van der Waals surface area (Å²) in [5.74, 6) is 0.882. The number of anilines is 1. The average molecular weight is 230 g/mol. The van der Waals surface area contributed by atoms with Crippen molar-refractivity contribution in [2.45, 2.75) is 33.7 Å². The van der Waals surface area contributed by atoms with Crippen molar-refractivity contribution in [2.75, 3.05) is 5.73 Å². The lowest BCUT2D eigenvalue weighted by Gasteiger charge is -2.13. The molecule has 0 saturated heterocycles. The molecule has 17 heavy (non-hydrogen) atoms. The molecule has 4 nitrogen and oxygen atoms in total. The maximum atomic E-state index is 5.90. The summed E-state index contributed by atoms with van der Waals surface area (Å²) in [4.78, 5) is 0. The van der Waals surface area contributed by atoms with Crippen LogP contribution in [0.3, 0.4) is 0 Å². The Morgan fingerprint density at radius 2 is 1.94 bits per heavy atom. The van der Waals surface area contributed by atoms with Crippen molar-refractivity contribution in [3.05, 3.63) is 29.6 Å². The first-order chi connectivity index (χ1) is 8.00. The molecule has 1 aromatic carbocycles. The van der Waals surface area contributed by atoms with Gasteiger partial charge in [-0.05, 0) is 51.0 Å². The van der Waals surface area contributed by atoms with Gasteiger partial charge in [0, 0.05) is 17.3 Å². The first kappa shape index (κ1) is 11.6. The van der Waals surface area contributed by atoms with Crippen LogP contribution in [0.15, 0.2) is 18.5 Å². The summed E-state index contributed by atoms with van der Waals surface area (Å²) in [6, 6.07) is 4.28. The Labute approximate surface area is 101 Å². The van der Waals surface area contributed by atoms with E-state index < -0.39 is 0 Å². The molecule has 0 bridgehead atoms. The van der Waals surface area contributed by atoms with Crippen LogP contribution in [0.2, 0.25) is 0 Å². The van der Waals surface area contributed by atoms with Crippen molar-refractivity contribution >= 4 is 5.69 Å². The molecule has 2 rings (SSSR count). The molecule has 90 valence electrons. The largest absolute Gasteiger partial charge is 0.399 e. The second kappa shape index (κ2) is 4.20. The van der Waals surface area contributed by atoms with E-state index in [0.717, 1.165) is 17.1 Å². The topological polar surface area (TPSA) is 56.7 Å². The molecule has 0 amide bonds. The SMILES string of the molecule is Cc1cc(N)cc(-c2nncn2C(C)C)c1C. The van der Waals surface area contributed by atoms with E-state index in [1.54, 1.807) is 6.33 Å². The average Bonchev–Trinajstić information content (AvgIpc) is 2.72. The number of hydrogen-bond donors (Lipinski definition) is 1. The zero-order valence-electron chi connectivity index (χ0n) is 10.7. The van der Waals surface area contributed by atoms with Gasteiger partial charge in [-0.3, -0.25) is 0 Å². The van der Waals surface area contributed by atoms with E-state index in [4.69, 9.17) is 5.73 Å². The molecule has 0 fully saturated rings. The summed E-state index contributed by atoms with van der Waals surface area (Å²) in [5, 5.41) is 8.20. The molecule has 0 aliphatic heterocycles. The number of aryl methyl sites for hydroxylation is 1. The molecule has 2 aromatic rings. The molecule has 0 aliphatic carbocycles. The molecule has 0 aliphatic rings. The standard InChI is InChI=1S/C13H18N4/c1-8(2)17-7-15-16-13(17)12-6-11(14)5-9(3)10(12)4/h5-8H,14H2,1-4H3. The Kier molecular flexibility index (Phi) is 2.88. The fraction of sp³-hybridized carbons (Fsp3) is 0.385. The molecule has 0 radical (unpaired) electrons. The van der Waals surface area contributed by atoms with Crippen LogP contribution in [-0.2, 0) is 0 Å². The van der Waals surface area contributed by atoms with E-state index in [1.807, 2.05) is 12.1 Å². The van der Waals surface area contributed by atoms with Crippen molar-refractivity contribution in [3.8, 4) is 11.4 Å². The van der Waals surface area contributed by atoms with Crippen LogP contribution < -0.4 is 5.73 Å². The van der Waals surface area contributed by atoms with Crippen LogP contribution >= 0.6 is 0 Å². The number of nitrogens with two attached hydrogens (primary N) is 1. The van der Waals surface area contributed by atoms with Gasteiger partial charge in [0.2, 0.25) is 0 Å². The summed E-state index contributed by atoms with van der Waals surface area (Å²) >= 11 is 0. The van der Waals surface area contributed by atoms with Crippen molar-refractivity contribution in [3.63, 3.8) is 0 Å². The van der Waals surface area contributed by atoms with E-state index in [0.29, 0.717) is 6.04 Å². The Hall–Kier alpha value is -1.84. The smallest absolute Gasteiger partial charge is 0.164 e. The molecule has 0 unspecified atom stereocenters. The van der Waals surface area contributed by atoms with E-state index in [2.05, 4.69) is 42.5 Å². The van der Waals surface area contributed by atoms with Gasteiger partial charge in [0.1, 0.15) is 6.33 Å². The minimum atomic E-state index is 0.334. The third-order valence-corrected chi connectivity index (χ3v) is 3.06. The molecular weight excluding hydrogens is 212 g/mol. The van der Waals surface area contributed by atoms with Crippen LogP contribution in [0, 0.1) is 13.8 Å². The molecular formula is C13H18N4. The van der Waals surface area contributed by atoms with Gasteiger partial charge in [-0.2, -0.15) is 0 Å². The molecule has 1 heterocycles. The van der Waals surface area contributed by atoms with Crippen molar-refractivity contribution in [1.82, 2.24) is 14.8 Å². The molecule has 4 heteroatoms. The minimum absolute atomic E-state index is 0.334. The highest BCUT2D eigenvalue weighted by Gasteiger charge is 2.13. The Morgan fingerprint density at radius 3 is 2.59 bits per heavy atom. The Morgan fingerprint density at radius 1 is 1.24 bits per heavy atom. The van der Waals surface area contributed by atoms with E-state index in [1.165, 1.54) is 11.1 Å². The highest BCUT2D eigenvalue weighted by atomic mass is 15.3. The van der Waals surface area contributed by atoms with Gasteiger partial charge in [-0.25, -0.2) is 0 Å². The quantitative estimate of drug-likeness (QED) is 0.807. The third kappa shape index (κ3) is 2.02. The van der Waals surface area contributed by atoms with E-state index >= 15 is 0 Å². The highest BCUT2D eigenvalue weighted by molar-refractivity contribution is 5.67. The number of hydrogen-bond acceptors (Lipinski definition) is 3. The van der Waals surface area contributed by atoms with Crippen LogP contribution in [0.4, 0.5) is 5.69 Å². The maximum Gasteiger partial charge on any atom is 0.164 e. The van der Waals surface area contributed by atoms with E-state index in [9.17, 15) is 0 Å². The zero-order chi connectivity index (χ0) is 12.6. The van der Waals surface area contributed by atoms with Crippen molar-refractivity contribution in [2.24, 2.45) is 0 Å². The summed E-state index contributed by atoms with van der Waals surface area (Å²) in [6.07, 6.45) is 1.76. The van der Waals surface area contributed by atoms with Crippen LogP contribution in [-0.4, -0.2) is 14.8 Å².